The highest BCUT2D eigenvalue weighted by Crippen LogP contribution is 2.19. The Bertz CT molecular complexity index is 478. The molecule has 2 fully saturated rings. The second kappa shape index (κ2) is 11.1. The van der Waals surface area contributed by atoms with Gasteiger partial charge in [0.2, 0.25) is 5.91 Å². The molecule has 2 N–H and O–H groups in total. The summed E-state index contributed by atoms with van der Waals surface area (Å²) >= 11 is 1.94. The van der Waals surface area contributed by atoms with E-state index >= 15 is 0 Å². The Morgan fingerprint density at radius 1 is 1.21 bits per heavy atom. The Hall–Kier alpha value is -0.620. The van der Waals surface area contributed by atoms with Gasteiger partial charge in [-0.15, -0.1) is 24.8 Å². The molecule has 7 heteroatoms. The van der Waals surface area contributed by atoms with E-state index in [0.717, 1.165) is 44.0 Å². The Kier molecular flexibility index (Phi) is 9.89. The van der Waals surface area contributed by atoms with Crippen LogP contribution in [0, 0.1) is 0 Å². The molecule has 4 nitrogen and oxygen atoms in total. The van der Waals surface area contributed by atoms with E-state index < -0.39 is 0 Å². The number of hydrogen-bond acceptors (Lipinski definition) is 4. The summed E-state index contributed by atoms with van der Waals surface area (Å²) < 4.78 is 0. The molecule has 0 bridgehead atoms. The fourth-order valence-corrected chi connectivity index (χ4v) is 4.13. The summed E-state index contributed by atoms with van der Waals surface area (Å²) in [4.78, 5) is 14.6. The van der Waals surface area contributed by atoms with Crippen LogP contribution in [-0.4, -0.2) is 49.1 Å². The zero-order valence-electron chi connectivity index (χ0n) is 13.8. The third-order valence-electron chi connectivity index (χ3n) is 4.41. The predicted octanol–water partition coefficient (Wildman–Crippen LogP) is 2.71. The molecule has 0 radical (unpaired) electrons. The number of rotatable bonds is 4. The molecule has 1 unspecified atom stereocenters. The molecule has 2 aliphatic heterocycles. The van der Waals surface area contributed by atoms with Crippen molar-refractivity contribution in [2.75, 3.05) is 36.0 Å². The highest BCUT2D eigenvalue weighted by Gasteiger charge is 2.22. The van der Waals surface area contributed by atoms with Crippen LogP contribution in [0.25, 0.3) is 0 Å². The number of benzene rings is 1. The molecule has 0 saturated carbocycles. The third kappa shape index (κ3) is 6.36. The zero-order valence-corrected chi connectivity index (χ0v) is 16.2. The number of amides is 1. The van der Waals surface area contributed by atoms with Crippen LogP contribution in [0.5, 0.6) is 0 Å². The van der Waals surface area contributed by atoms with Crippen molar-refractivity contribution in [3.63, 3.8) is 0 Å². The number of carbonyl (C=O) groups is 1. The zero-order chi connectivity index (χ0) is 15.2. The molecule has 3 rings (SSSR count). The Morgan fingerprint density at radius 2 is 1.92 bits per heavy atom. The molecule has 2 saturated heterocycles. The lowest BCUT2D eigenvalue weighted by molar-refractivity contribution is -0.122. The summed E-state index contributed by atoms with van der Waals surface area (Å²) in [7, 11) is 0. The van der Waals surface area contributed by atoms with Crippen LogP contribution in [0.2, 0.25) is 0 Å². The van der Waals surface area contributed by atoms with Crippen molar-refractivity contribution < 1.29 is 4.79 Å². The van der Waals surface area contributed by atoms with Crippen molar-refractivity contribution in [3.8, 4) is 0 Å². The van der Waals surface area contributed by atoms with Gasteiger partial charge in [-0.2, -0.15) is 11.8 Å². The number of carbonyl (C=O) groups excluding carboxylic acids is 1. The van der Waals surface area contributed by atoms with Crippen LogP contribution >= 0.6 is 36.6 Å². The maximum atomic E-state index is 12.2. The molecule has 1 amide bonds. The smallest absolute Gasteiger partial charge is 0.221 e. The second-order valence-electron chi connectivity index (χ2n) is 6.09. The van der Waals surface area contributed by atoms with E-state index in [0.29, 0.717) is 18.5 Å². The van der Waals surface area contributed by atoms with Gasteiger partial charge in [0.1, 0.15) is 0 Å². The van der Waals surface area contributed by atoms with Crippen molar-refractivity contribution in [1.29, 1.82) is 0 Å². The molecule has 24 heavy (non-hydrogen) atoms. The van der Waals surface area contributed by atoms with Gasteiger partial charge in [0.05, 0.1) is 0 Å². The number of nitrogens with one attached hydrogen (secondary N) is 2. The summed E-state index contributed by atoms with van der Waals surface area (Å²) in [6.45, 7) is 3.07. The number of nitrogens with zero attached hydrogens (tertiary/aromatic N) is 1. The SMILES string of the molecule is Cl.Cl.O=C(CC1CSCCN1)NC1CCN(c2ccccc2)CC1. The van der Waals surface area contributed by atoms with E-state index in [9.17, 15) is 4.79 Å². The molecule has 1 aromatic rings. The quantitative estimate of drug-likeness (QED) is 0.827. The molecule has 136 valence electrons. The minimum atomic E-state index is 0. The number of piperidine rings is 1. The lowest BCUT2D eigenvalue weighted by Crippen LogP contribution is -2.47. The maximum absolute atomic E-state index is 12.2. The van der Waals surface area contributed by atoms with Crippen LogP contribution in [-0.2, 0) is 4.79 Å². The summed E-state index contributed by atoms with van der Waals surface area (Å²) in [5, 5.41) is 6.65. The van der Waals surface area contributed by atoms with Crippen molar-refractivity contribution in [2.45, 2.75) is 31.3 Å². The molecule has 2 aliphatic rings. The number of thioether (sulfide) groups is 1. The fourth-order valence-electron chi connectivity index (χ4n) is 3.18. The first-order valence-electron chi connectivity index (χ1n) is 8.22. The predicted molar refractivity (Wildman–Crippen MR) is 108 cm³/mol. The molecular weight excluding hydrogens is 365 g/mol. The lowest BCUT2D eigenvalue weighted by atomic mass is 10.0. The minimum absolute atomic E-state index is 0. The number of anilines is 1. The van der Waals surface area contributed by atoms with E-state index in [-0.39, 0.29) is 30.7 Å². The van der Waals surface area contributed by atoms with Crippen LogP contribution < -0.4 is 15.5 Å². The van der Waals surface area contributed by atoms with Crippen LogP contribution in [0.1, 0.15) is 19.3 Å². The fraction of sp³-hybridized carbons (Fsp3) is 0.588. The number of para-hydroxylation sites is 1. The van der Waals surface area contributed by atoms with Crippen molar-refractivity contribution in [1.82, 2.24) is 10.6 Å². The molecule has 1 atom stereocenters. The first kappa shape index (κ1) is 21.4. The standard InChI is InChI=1S/C17H25N3OS.2ClH/c21-17(12-15-13-22-11-8-18-15)19-14-6-9-20(10-7-14)16-4-2-1-3-5-16;;/h1-5,14-15,18H,6-13H2,(H,19,21);2*1H. The van der Waals surface area contributed by atoms with Gasteiger partial charge in [0, 0.05) is 55.3 Å². The highest BCUT2D eigenvalue weighted by atomic mass is 35.5. The van der Waals surface area contributed by atoms with Gasteiger partial charge in [-0.25, -0.2) is 0 Å². The summed E-state index contributed by atoms with van der Waals surface area (Å²) in [6.07, 6.45) is 2.69. The Morgan fingerprint density at radius 3 is 2.54 bits per heavy atom. The molecule has 0 aromatic heterocycles. The van der Waals surface area contributed by atoms with Gasteiger partial charge in [0.25, 0.3) is 0 Å². The number of hydrogen-bond donors (Lipinski definition) is 2. The van der Waals surface area contributed by atoms with Gasteiger partial charge in [-0.3, -0.25) is 4.79 Å². The van der Waals surface area contributed by atoms with E-state index in [1.165, 1.54) is 5.69 Å². The highest BCUT2D eigenvalue weighted by molar-refractivity contribution is 7.99. The van der Waals surface area contributed by atoms with E-state index in [1.807, 2.05) is 17.8 Å². The molecule has 1 aromatic carbocycles. The molecule has 2 heterocycles. The summed E-state index contributed by atoms with van der Waals surface area (Å²) in [6, 6.07) is 11.2. The maximum Gasteiger partial charge on any atom is 0.221 e. The molecular formula is C17H27Cl2N3OS. The topological polar surface area (TPSA) is 44.4 Å². The van der Waals surface area contributed by atoms with Gasteiger partial charge in [0.15, 0.2) is 0 Å². The molecule has 0 aliphatic carbocycles. The van der Waals surface area contributed by atoms with E-state index in [2.05, 4.69) is 39.8 Å². The normalized spacial score (nSPS) is 21.3. The van der Waals surface area contributed by atoms with Gasteiger partial charge in [-0.05, 0) is 25.0 Å². The lowest BCUT2D eigenvalue weighted by Gasteiger charge is -2.34. The van der Waals surface area contributed by atoms with Crippen LogP contribution in [0.15, 0.2) is 30.3 Å². The van der Waals surface area contributed by atoms with Crippen LogP contribution in [0.3, 0.4) is 0 Å². The second-order valence-corrected chi connectivity index (χ2v) is 7.24. The largest absolute Gasteiger partial charge is 0.371 e. The summed E-state index contributed by atoms with van der Waals surface area (Å²) in [5.74, 6) is 2.42. The van der Waals surface area contributed by atoms with Gasteiger partial charge >= 0.3 is 0 Å². The Labute approximate surface area is 161 Å². The number of halogens is 2. The van der Waals surface area contributed by atoms with E-state index in [1.54, 1.807) is 0 Å². The third-order valence-corrected chi connectivity index (χ3v) is 5.54. The Balaban J connectivity index is 0.00000144. The van der Waals surface area contributed by atoms with Gasteiger partial charge < -0.3 is 15.5 Å². The summed E-state index contributed by atoms with van der Waals surface area (Å²) in [5.41, 5.74) is 1.29. The first-order chi connectivity index (χ1) is 10.8. The monoisotopic (exact) mass is 391 g/mol. The minimum Gasteiger partial charge on any atom is -0.371 e. The first-order valence-corrected chi connectivity index (χ1v) is 9.37. The van der Waals surface area contributed by atoms with Crippen LogP contribution in [0.4, 0.5) is 5.69 Å². The van der Waals surface area contributed by atoms with Gasteiger partial charge in [-0.1, -0.05) is 18.2 Å². The van der Waals surface area contributed by atoms with Crippen molar-refractivity contribution in [2.24, 2.45) is 0 Å². The van der Waals surface area contributed by atoms with Crippen molar-refractivity contribution >= 4 is 48.2 Å². The molecule has 0 spiro atoms. The van der Waals surface area contributed by atoms with Crippen molar-refractivity contribution in [3.05, 3.63) is 30.3 Å². The average Bonchev–Trinajstić information content (AvgIpc) is 2.57. The van der Waals surface area contributed by atoms with E-state index in [4.69, 9.17) is 0 Å². The average molecular weight is 392 g/mol.